The molecule has 0 aliphatic heterocycles. The Morgan fingerprint density at radius 3 is 2.54 bits per heavy atom. The van der Waals surface area contributed by atoms with E-state index in [0.29, 0.717) is 24.5 Å². The van der Waals surface area contributed by atoms with Crippen molar-refractivity contribution in [3.05, 3.63) is 18.0 Å². The van der Waals surface area contributed by atoms with E-state index >= 15 is 0 Å². The fraction of sp³-hybridized carbons (Fsp3) is 0.588. The number of nitrogens with one attached hydrogen (secondary N) is 3. The number of rotatable bonds is 11. The molecule has 5 N–H and O–H groups in total. The zero-order valence-electron chi connectivity index (χ0n) is 15.8. The van der Waals surface area contributed by atoms with E-state index in [4.69, 9.17) is 5.73 Å². The Morgan fingerprint density at radius 1 is 1.19 bits per heavy atom. The first-order valence-corrected chi connectivity index (χ1v) is 8.71. The highest BCUT2D eigenvalue weighted by atomic mass is 16.2. The number of aryl methyl sites for hydroxylation is 1. The molecule has 0 bridgehead atoms. The van der Waals surface area contributed by atoms with Crippen LogP contribution in [0.5, 0.6) is 0 Å². The number of hydrogen-bond acceptors (Lipinski definition) is 5. The Bertz CT molecular complexity index is 614. The van der Waals surface area contributed by atoms with E-state index in [1.165, 1.54) is 6.92 Å². The molecule has 146 valence electrons. The first-order valence-electron chi connectivity index (χ1n) is 8.71. The third-order valence-electron chi connectivity index (χ3n) is 3.75. The first kappa shape index (κ1) is 21.7. The van der Waals surface area contributed by atoms with Gasteiger partial charge >= 0.3 is 0 Å². The van der Waals surface area contributed by atoms with E-state index in [2.05, 4.69) is 20.9 Å². The summed E-state index contributed by atoms with van der Waals surface area (Å²) in [7, 11) is 3.72. The normalized spacial score (nSPS) is 10.7. The highest BCUT2D eigenvalue weighted by Crippen LogP contribution is 2.12. The van der Waals surface area contributed by atoms with Crippen LogP contribution >= 0.6 is 0 Å². The van der Waals surface area contributed by atoms with E-state index in [0.717, 1.165) is 25.9 Å². The topological polar surface area (TPSA) is 121 Å². The maximum Gasteiger partial charge on any atom is 0.268 e. The summed E-state index contributed by atoms with van der Waals surface area (Å²) < 4.78 is 1.59. The molecule has 0 saturated carbocycles. The summed E-state index contributed by atoms with van der Waals surface area (Å²) in [5.41, 5.74) is 6.36. The zero-order chi connectivity index (χ0) is 19.5. The summed E-state index contributed by atoms with van der Waals surface area (Å²) in [6.07, 6.45) is 3.42. The lowest BCUT2D eigenvalue weighted by Crippen LogP contribution is -2.38. The van der Waals surface area contributed by atoms with Gasteiger partial charge in [0.2, 0.25) is 11.8 Å². The molecule has 26 heavy (non-hydrogen) atoms. The molecule has 1 aromatic heterocycles. The average Bonchev–Trinajstić information content (AvgIpc) is 2.94. The lowest BCUT2D eigenvalue weighted by Gasteiger charge is -2.15. The molecule has 9 nitrogen and oxygen atoms in total. The molecule has 1 aromatic rings. The zero-order valence-corrected chi connectivity index (χ0v) is 15.8. The van der Waals surface area contributed by atoms with Crippen molar-refractivity contribution in [3.63, 3.8) is 0 Å². The van der Waals surface area contributed by atoms with Gasteiger partial charge in [0, 0.05) is 26.7 Å². The molecule has 0 unspecified atom stereocenters. The second-order valence-corrected chi connectivity index (χ2v) is 6.24. The van der Waals surface area contributed by atoms with E-state index in [1.54, 1.807) is 23.9 Å². The maximum absolute atomic E-state index is 12.1. The first-order chi connectivity index (χ1) is 12.3. The van der Waals surface area contributed by atoms with Crippen LogP contribution in [-0.4, -0.2) is 67.0 Å². The highest BCUT2D eigenvalue weighted by molar-refractivity contribution is 5.97. The van der Waals surface area contributed by atoms with Gasteiger partial charge in [-0.15, -0.1) is 0 Å². The number of carbonyl (C=O) groups excluding carboxylic acids is 3. The minimum absolute atomic E-state index is 0.0947. The number of nitrogens with two attached hydrogens (primary N) is 1. The van der Waals surface area contributed by atoms with Gasteiger partial charge < -0.3 is 31.2 Å². The third-order valence-corrected chi connectivity index (χ3v) is 3.75. The maximum atomic E-state index is 12.1. The number of aromatic nitrogens is 1. The summed E-state index contributed by atoms with van der Waals surface area (Å²) in [4.78, 5) is 37.2. The fourth-order valence-electron chi connectivity index (χ4n) is 2.43. The average molecular weight is 366 g/mol. The van der Waals surface area contributed by atoms with Crippen molar-refractivity contribution < 1.29 is 14.4 Å². The predicted molar refractivity (Wildman–Crippen MR) is 101 cm³/mol. The van der Waals surface area contributed by atoms with E-state index in [9.17, 15) is 14.4 Å². The Morgan fingerprint density at radius 2 is 1.88 bits per heavy atom. The molecule has 0 saturated heterocycles. The summed E-state index contributed by atoms with van der Waals surface area (Å²) in [6, 6.07) is 1.56. The Balaban J connectivity index is 2.29. The number of anilines is 1. The molecule has 0 atom stereocenters. The summed E-state index contributed by atoms with van der Waals surface area (Å²) in [5.74, 6) is -0.823. The number of carbonyl (C=O) groups is 3. The van der Waals surface area contributed by atoms with Crippen LogP contribution in [0.25, 0.3) is 0 Å². The second-order valence-electron chi connectivity index (χ2n) is 6.24. The molecule has 0 radical (unpaired) electrons. The molecule has 1 rings (SSSR count). The van der Waals surface area contributed by atoms with Crippen molar-refractivity contribution in [2.24, 2.45) is 12.8 Å². The summed E-state index contributed by atoms with van der Waals surface area (Å²) in [6.45, 7) is 4.35. The van der Waals surface area contributed by atoms with E-state index < -0.39 is 0 Å². The standard InChI is InChI=1S/C17H30N6O3/c1-13(24)21-14-10-15(23(3)12-14)17(26)20-11-16(25)19-7-5-9-22(2)8-4-6-18/h10,12H,4-9,11,18H2,1-3H3,(H,19,25)(H,20,26)(H,21,24). The molecule has 9 heteroatoms. The van der Waals surface area contributed by atoms with E-state index in [1.807, 2.05) is 7.05 Å². The van der Waals surface area contributed by atoms with Crippen molar-refractivity contribution in [2.45, 2.75) is 19.8 Å². The summed E-state index contributed by atoms with van der Waals surface area (Å²) >= 11 is 0. The molecule has 1 heterocycles. The van der Waals surface area contributed by atoms with Crippen LogP contribution in [0, 0.1) is 0 Å². The highest BCUT2D eigenvalue weighted by Gasteiger charge is 2.13. The van der Waals surface area contributed by atoms with E-state index in [-0.39, 0.29) is 24.3 Å². The molecule has 0 aliphatic rings. The van der Waals surface area contributed by atoms with Gasteiger partial charge in [-0.05, 0) is 45.6 Å². The van der Waals surface area contributed by atoms with Crippen LogP contribution in [0.15, 0.2) is 12.3 Å². The Labute approximate surface area is 154 Å². The SMILES string of the molecule is CC(=O)Nc1cc(C(=O)NCC(=O)NCCCN(C)CCCN)n(C)c1. The second kappa shape index (κ2) is 11.3. The molecule has 0 spiro atoms. The number of nitrogens with zero attached hydrogens (tertiary/aromatic N) is 2. The minimum atomic E-state index is -0.374. The van der Waals surface area contributed by atoms with Gasteiger partial charge in [-0.2, -0.15) is 0 Å². The van der Waals surface area contributed by atoms with Crippen LogP contribution in [0.3, 0.4) is 0 Å². The van der Waals surface area contributed by atoms with Crippen LogP contribution < -0.4 is 21.7 Å². The molecule has 0 aliphatic carbocycles. The largest absolute Gasteiger partial charge is 0.355 e. The van der Waals surface area contributed by atoms with Gasteiger partial charge in [-0.25, -0.2) is 0 Å². The number of amides is 3. The summed E-state index contributed by atoms with van der Waals surface area (Å²) in [5, 5.41) is 7.96. The van der Waals surface area contributed by atoms with Crippen molar-refractivity contribution in [2.75, 3.05) is 45.1 Å². The lowest BCUT2D eigenvalue weighted by atomic mass is 10.3. The van der Waals surface area contributed by atoms with Gasteiger partial charge in [-0.3, -0.25) is 14.4 Å². The smallest absolute Gasteiger partial charge is 0.268 e. The van der Waals surface area contributed by atoms with Gasteiger partial charge in [0.05, 0.1) is 12.2 Å². The predicted octanol–water partition coefficient (Wildman–Crippen LogP) is -0.500. The third kappa shape index (κ3) is 8.13. The molecule has 3 amide bonds. The molecular formula is C17H30N6O3. The Kier molecular flexibility index (Phi) is 9.38. The number of hydrogen-bond donors (Lipinski definition) is 4. The monoisotopic (exact) mass is 366 g/mol. The molecule has 0 aromatic carbocycles. The molecule has 0 fully saturated rings. The van der Waals surface area contributed by atoms with Gasteiger partial charge in [0.25, 0.3) is 5.91 Å². The van der Waals surface area contributed by atoms with Gasteiger partial charge in [0.1, 0.15) is 5.69 Å². The van der Waals surface area contributed by atoms with Gasteiger partial charge in [0.15, 0.2) is 0 Å². The van der Waals surface area contributed by atoms with Crippen molar-refractivity contribution in [1.29, 1.82) is 0 Å². The lowest BCUT2D eigenvalue weighted by molar-refractivity contribution is -0.120. The minimum Gasteiger partial charge on any atom is -0.355 e. The van der Waals surface area contributed by atoms with Crippen LogP contribution in [-0.2, 0) is 16.6 Å². The Hall–Kier alpha value is -2.39. The van der Waals surface area contributed by atoms with Crippen molar-refractivity contribution >= 4 is 23.4 Å². The van der Waals surface area contributed by atoms with Crippen LogP contribution in [0.1, 0.15) is 30.3 Å². The van der Waals surface area contributed by atoms with Crippen molar-refractivity contribution in [3.8, 4) is 0 Å². The quantitative estimate of drug-likeness (QED) is 0.393. The molecular weight excluding hydrogens is 336 g/mol. The van der Waals surface area contributed by atoms with Crippen molar-refractivity contribution in [1.82, 2.24) is 20.1 Å². The van der Waals surface area contributed by atoms with Crippen LogP contribution in [0.4, 0.5) is 5.69 Å². The fourth-order valence-corrected chi connectivity index (χ4v) is 2.43. The van der Waals surface area contributed by atoms with Crippen LogP contribution in [0.2, 0.25) is 0 Å². The van der Waals surface area contributed by atoms with Gasteiger partial charge in [-0.1, -0.05) is 0 Å².